The number of nitrogens with one attached hydrogen (secondary N) is 1. The molecule has 0 radical (unpaired) electrons. The Kier molecular flexibility index (Phi) is 4.55. The number of para-hydroxylation sites is 2. The van der Waals surface area contributed by atoms with Gasteiger partial charge >= 0.3 is 0 Å². The van der Waals surface area contributed by atoms with Crippen molar-refractivity contribution in [3.63, 3.8) is 0 Å². The van der Waals surface area contributed by atoms with Gasteiger partial charge in [-0.3, -0.25) is 0 Å². The number of anilines is 1. The van der Waals surface area contributed by atoms with E-state index in [2.05, 4.69) is 10.5 Å². The molecule has 0 fully saturated rings. The molecule has 0 amide bonds. The van der Waals surface area contributed by atoms with Crippen molar-refractivity contribution in [3.05, 3.63) is 41.3 Å². The Morgan fingerprint density at radius 2 is 2.05 bits per heavy atom. The quantitative estimate of drug-likeness (QED) is 0.880. The van der Waals surface area contributed by atoms with Crippen molar-refractivity contribution >= 4 is 5.69 Å². The summed E-state index contributed by atoms with van der Waals surface area (Å²) in [6.45, 7) is 3.56. The third-order valence-electron chi connectivity index (χ3n) is 2.89. The van der Waals surface area contributed by atoms with Crippen LogP contribution in [0, 0.1) is 13.8 Å². The van der Waals surface area contributed by atoms with Gasteiger partial charge in [-0.25, -0.2) is 8.78 Å². The molecule has 108 valence electrons. The smallest absolute Gasteiger partial charge is 0.272 e. The summed E-state index contributed by atoms with van der Waals surface area (Å²) in [5.41, 5.74) is 2.42. The molecule has 1 N–H and O–H groups in total. The molecule has 0 aliphatic rings. The fourth-order valence-corrected chi connectivity index (χ4v) is 1.83. The Morgan fingerprint density at radius 1 is 1.30 bits per heavy atom. The molecule has 0 unspecified atom stereocenters. The molecular weight excluding hydrogens is 266 g/mol. The summed E-state index contributed by atoms with van der Waals surface area (Å²) in [5, 5.41) is 7.02. The van der Waals surface area contributed by atoms with Gasteiger partial charge in [0, 0.05) is 12.1 Å². The summed E-state index contributed by atoms with van der Waals surface area (Å²) in [4.78, 5) is 0. The van der Waals surface area contributed by atoms with Gasteiger partial charge in [-0.2, -0.15) is 0 Å². The van der Waals surface area contributed by atoms with Gasteiger partial charge in [-0.1, -0.05) is 17.3 Å². The molecule has 0 saturated carbocycles. The van der Waals surface area contributed by atoms with Crippen LogP contribution >= 0.6 is 0 Å². The number of ether oxygens (including phenoxy) is 1. The number of alkyl halides is 2. The van der Waals surface area contributed by atoms with Crippen molar-refractivity contribution in [3.8, 4) is 5.75 Å². The topological polar surface area (TPSA) is 47.3 Å². The minimum absolute atomic E-state index is 0.402. The largest absolute Gasteiger partial charge is 0.485 e. The van der Waals surface area contributed by atoms with E-state index in [9.17, 15) is 8.78 Å². The van der Waals surface area contributed by atoms with Gasteiger partial charge in [0.1, 0.15) is 18.1 Å². The van der Waals surface area contributed by atoms with Crippen molar-refractivity contribution in [2.24, 2.45) is 0 Å². The van der Waals surface area contributed by atoms with Crippen LogP contribution in [-0.2, 0) is 6.54 Å². The van der Waals surface area contributed by atoms with Gasteiger partial charge in [0.15, 0.2) is 0 Å². The Bertz CT molecular complexity index is 551. The van der Waals surface area contributed by atoms with Gasteiger partial charge < -0.3 is 14.6 Å². The van der Waals surface area contributed by atoms with E-state index in [1.807, 2.05) is 19.9 Å². The molecule has 6 heteroatoms. The van der Waals surface area contributed by atoms with E-state index in [1.54, 1.807) is 18.2 Å². The van der Waals surface area contributed by atoms with Gasteiger partial charge in [0.2, 0.25) is 0 Å². The Balaban J connectivity index is 2.06. The molecule has 2 rings (SSSR count). The number of benzene rings is 1. The molecular formula is C14H16F2N2O2. The number of halogens is 2. The monoisotopic (exact) mass is 282 g/mol. The van der Waals surface area contributed by atoms with Crippen LogP contribution in [0.5, 0.6) is 5.75 Å². The molecule has 0 bridgehead atoms. The highest BCUT2D eigenvalue weighted by Gasteiger charge is 2.11. The predicted molar refractivity (Wildman–Crippen MR) is 71.2 cm³/mol. The highest BCUT2D eigenvalue weighted by atomic mass is 19.3. The van der Waals surface area contributed by atoms with E-state index >= 15 is 0 Å². The van der Waals surface area contributed by atoms with Crippen molar-refractivity contribution < 1.29 is 18.0 Å². The minimum Gasteiger partial charge on any atom is -0.485 e. The zero-order chi connectivity index (χ0) is 14.5. The van der Waals surface area contributed by atoms with Crippen molar-refractivity contribution in [2.75, 3.05) is 11.9 Å². The molecule has 4 nitrogen and oxygen atoms in total. The summed E-state index contributed by atoms with van der Waals surface area (Å²) >= 11 is 0. The normalized spacial score (nSPS) is 10.8. The lowest BCUT2D eigenvalue weighted by atomic mass is 10.2. The van der Waals surface area contributed by atoms with Crippen LogP contribution < -0.4 is 10.1 Å². The fourth-order valence-electron chi connectivity index (χ4n) is 1.83. The van der Waals surface area contributed by atoms with Crippen molar-refractivity contribution in [1.29, 1.82) is 0 Å². The molecule has 20 heavy (non-hydrogen) atoms. The second kappa shape index (κ2) is 6.36. The van der Waals surface area contributed by atoms with Crippen LogP contribution in [0.1, 0.15) is 17.0 Å². The van der Waals surface area contributed by atoms with Crippen LogP contribution in [-0.4, -0.2) is 18.2 Å². The number of aryl methyl sites for hydroxylation is 2. The SMILES string of the molecule is Cc1noc(C)c1CNc1ccccc1OCC(F)F. The second-order valence-corrected chi connectivity index (χ2v) is 4.35. The highest BCUT2D eigenvalue weighted by molar-refractivity contribution is 5.56. The zero-order valence-electron chi connectivity index (χ0n) is 11.3. The summed E-state index contributed by atoms with van der Waals surface area (Å²) in [6, 6.07) is 6.98. The minimum atomic E-state index is -2.49. The number of nitrogens with zero attached hydrogens (tertiary/aromatic N) is 1. The van der Waals surface area contributed by atoms with E-state index in [1.165, 1.54) is 0 Å². The van der Waals surface area contributed by atoms with Gasteiger partial charge in [-0.05, 0) is 26.0 Å². The van der Waals surface area contributed by atoms with E-state index in [4.69, 9.17) is 9.26 Å². The summed E-state index contributed by atoms with van der Waals surface area (Å²) in [5.74, 6) is 1.14. The molecule has 1 heterocycles. The van der Waals surface area contributed by atoms with E-state index < -0.39 is 13.0 Å². The van der Waals surface area contributed by atoms with Crippen molar-refractivity contribution in [2.45, 2.75) is 26.8 Å². The van der Waals surface area contributed by atoms with Crippen LogP contribution in [0.25, 0.3) is 0 Å². The third-order valence-corrected chi connectivity index (χ3v) is 2.89. The Labute approximate surface area is 115 Å². The molecule has 2 aromatic rings. The lowest BCUT2D eigenvalue weighted by Gasteiger charge is -2.12. The first-order valence-electron chi connectivity index (χ1n) is 6.23. The lowest BCUT2D eigenvalue weighted by Crippen LogP contribution is -2.09. The Hall–Kier alpha value is -2.11. The fraction of sp³-hybridized carbons (Fsp3) is 0.357. The van der Waals surface area contributed by atoms with E-state index in [0.29, 0.717) is 18.0 Å². The van der Waals surface area contributed by atoms with Crippen LogP contribution in [0.2, 0.25) is 0 Å². The maximum atomic E-state index is 12.2. The average Bonchev–Trinajstić information content (AvgIpc) is 2.74. The second-order valence-electron chi connectivity index (χ2n) is 4.35. The first-order valence-corrected chi connectivity index (χ1v) is 6.23. The maximum Gasteiger partial charge on any atom is 0.272 e. The lowest BCUT2D eigenvalue weighted by molar-refractivity contribution is 0.0822. The first-order chi connectivity index (χ1) is 9.58. The summed E-state index contributed by atoms with van der Waals surface area (Å²) in [6.07, 6.45) is -2.49. The molecule has 1 aromatic carbocycles. The predicted octanol–water partition coefficient (Wildman–Crippen LogP) is 3.55. The first kappa shape index (κ1) is 14.3. The molecule has 0 aliphatic heterocycles. The number of hydrogen-bond donors (Lipinski definition) is 1. The summed E-state index contributed by atoms with van der Waals surface area (Å²) in [7, 11) is 0. The molecule has 0 atom stereocenters. The highest BCUT2D eigenvalue weighted by Crippen LogP contribution is 2.25. The molecule has 1 aromatic heterocycles. The van der Waals surface area contributed by atoms with Gasteiger partial charge in [0.05, 0.1) is 11.4 Å². The summed E-state index contributed by atoms with van der Waals surface area (Å²) < 4.78 is 34.6. The Morgan fingerprint density at radius 3 is 2.70 bits per heavy atom. The van der Waals surface area contributed by atoms with E-state index in [0.717, 1.165) is 17.0 Å². The van der Waals surface area contributed by atoms with Crippen LogP contribution in [0.15, 0.2) is 28.8 Å². The van der Waals surface area contributed by atoms with Crippen LogP contribution in [0.3, 0.4) is 0 Å². The maximum absolute atomic E-state index is 12.2. The molecule has 0 aliphatic carbocycles. The van der Waals surface area contributed by atoms with E-state index in [-0.39, 0.29) is 0 Å². The van der Waals surface area contributed by atoms with Crippen LogP contribution in [0.4, 0.5) is 14.5 Å². The number of hydrogen-bond acceptors (Lipinski definition) is 4. The zero-order valence-corrected chi connectivity index (χ0v) is 11.3. The number of aromatic nitrogens is 1. The van der Waals surface area contributed by atoms with Crippen molar-refractivity contribution in [1.82, 2.24) is 5.16 Å². The van der Waals surface area contributed by atoms with Gasteiger partial charge in [-0.15, -0.1) is 0 Å². The third kappa shape index (κ3) is 3.46. The standard InChI is InChI=1S/C14H16F2N2O2/c1-9-11(10(2)20-18-9)7-17-12-5-3-4-6-13(12)19-8-14(15)16/h3-6,14,17H,7-8H2,1-2H3. The average molecular weight is 282 g/mol. The molecule has 0 saturated heterocycles. The number of rotatable bonds is 6. The molecule has 0 spiro atoms. The van der Waals surface area contributed by atoms with Gasteiger partial charge in [0.25, 0.3) is 6.43 Å².